The maximum Gasteiger partial charge on any atom is 0.118 e. The van der Waals surface area contributed by atoms with Gasteiger partial charge in [-0.3, -0.25) is 0 Å². The van der Waals surface area contributed by atoms with Gasteiger partial charge >= 0.3 is 0 Å². The van der Waals surface area contributed by atoms with Gasteiger partial charge in [0.15, 0.2) is 0 Å². The first-order valence-electron chi connectivity index (χ1n) is 6.68. The van der Waals surface area contributed by atoms with E-state index < -0.39 is 0 Å². The third-order valence-electron chi connectivity index (χ3n) is 3.63. The normalized spacial score (nSPS) is 10.3. The number of benzene rings is 2. The predicted octanol–water partition coefficient (Wildman–Crippen LogP) is 4.09. The van der Waals surface area contributed by atoms with Crippen molar-refractivity contribution in [2.45, 2.75) is 6.92 Å². The summed E-state index contributed by atoms with van der Waals surface area (Å²) in [6, 6.07) is 17.8. The molecule has 3 aromatic rings. The van der Waals surface area contributed by atoms with Crippen molar-refractivity contribution in [2.75, 3.05) is 7.11 Å². The van der Waals surface area contributed by atoms with Crippen LogP contribution in [0.5, 0.6) is 5.75 Å². The molecule has 1 heterocycles. The molecule has 0 saturated heterocycles. The van der Waals surface area contributed by atoms with Crippen LogP contribution in [0.4, 0.5) is 0 Å². The molecular formula is C18H14N2O. The van der Waals surface area contributed by atoms with Crippen LogP contribution in [0.2, 0.25) is 0 Å². The van der Waals surface area contributed by atoms with Crippen LogP contribution < -0.4 is 4.74 Å². The first kappa shape index (κ1) is 13.1. The number of aromatic nitrogens is 1. The van der Waals surface area contributed by atoms with E-state index in [4.69, 9.17) is 4.74 Å². The molecule has 0 amide bonds. The van der Waals surface area contributed by atoms with Crippen LogP contribution >= 0.6 is 0 Å². The lowest BCUT2D eigenvalue weighted by Crippen LogP contribution is -1.95. The quantitative estimate of drug-likeness (QED) is 0.707. The number of hydrogen-bond acceptors (Lipinski definition) is 3. The minimum absolute atomic E-state index is 0.624. The Morgan fingerprint density at radius 1 is 1.05 bits per heavy atom. The zero-order valence-corrected chi connectivity index (χ0v) is 11.9. The number of rotatable bonds is 2. The Kier molecular flexibility index (Phi) is 3.29. The molecule has 0 atom stereocenters. The zero-order valence-electron chi connectivity index (χ0n) is 11.9. The van der Waals surface area contributed by atoms with Crippen molar-refractivity contribution in [3.63, 3.8) is 0 Å². The number of methoxy groups -OCH3 is 1. The summed E-state index contributed by atoms with van der Waals surface area (Å²) in [5, 5.41) is 10.5. The van der Waals surface area contributed by atoms with Crippen LogP contribution in [-0.2, 0) is 0 Å². The Balaban J connectivity index is 2.28. The second-order valence-corrected chi connectivity index (χ2v) is 4.82. The second-order valence-electron chi connectivity index (χ2n) is 4.82. The smallest absolute Gasteiger partial charge is 0.118 e. The number of hydrogen-bond donors (Lipinski definition) is 0. The molecule has 102 valence electrons. The summed E-state index contributed by atoms with van der Waals surface area (Å²) in [5.74, 6) is 0.787. The number of pyridine rings is 1. The van der Waals surface area contributed by atoms with Crippen LogP contribution in [0, 0.1) is 18.3 Å². The van der Waals surface area contributed by atoms with Gasteiger partial charge in [-0.15, -0.1) is 0 Å². The van der Waals surface area contributed by atoms with Crippen LogP contribution in [0.15, 0.2) is 48.5 Å². The summed E-state index contributed by atoms with van der Waals surface area (Å²) < 4.78 is 5.17. The summed E-state index contributed by atoms with van der Waals surface area (Å²) >= 11 is 0. The van der Waals surface area contributed by atoms with E-state index in [2.05, 4.69) is 11.1 Å². The minimum atomic E-state index is 0.624. The highest BCUT2D eigenvalue weighted by Gasteiger charge is 2.13. The van der Waals surface area contributed by atoms with E-state index in [0.717, 1.165) is 33.5 Å². The molecule has 0 aliphatic rings. The maximum absolute atomic E-state index is 9.51. The first-order chi connectivity index (χ1) is 10.2. The zero-order chi connectivity index (χ0) is 14.8. The van der Waals surface area contributed by atoms with Crippen molar-refractivity contribution < 1.29 is 4.74 Å². The first-order valence-corrected chi connectivity index (χ1v) is 6.68. The van der Waals surface area contributed by atoms with E-state index in [9.17, 15) is 5.26 Å². The summed E-state index contributed by atoms with van der Waals surface area (Å²) in [4.78, 5) is 4.67. The predicted molar refractivity (Wildman–Crippen MR) is 83.2 cm³/mol. The molecule has 0 aliphatic heterocycles. The fraction of sp³-hybridized carbons (Fsp3) is 0.111. The highest BCUT2D eigenvalue weighted by atomic mass is 16.5. The lowest BCUT2D eigenvalue weighted by Gasteiger charge is -2.10. The van der Waals surface area contributed by atoms with Crippen molar-refractivity contribution in [2.24, 2.45) is 0 Å². The monoisotopic (exact) mass is 274 g/mol. The van der Waals surface area contributed by atoms with Crippen LogP contribution in [0.1, 0.15) is 11.1 Å². The van der Waals surface area contributed by atoms with E-state index in [-0.39, 0.29) is 0 Å². The van der Waals surface area contributed by atoms with Crippen molar-refractivity contribution in [3.8, 4) is 23.1 Å². The molecule has 3 rings (SSSR count). The molecular weight excluding hydrogens is 260 g/mol. The van der Waals surface area contributed by atoms with Crippen LogP contribution in [0.3, 0.4) is 0 Å². The van der Waals surface area contributed by atoms with Gasteiger partial charge in [-0.05, 0) is 42.8 Å². The standard InChI is InChI=1S/C18H14N2O/c1-12-15-5-3-4-6-17(15)20-18(16(12)11-19)13-7-9-14(21-2)10-8-13/h3-10H,1-2H3. The Bertz CT molecular complexity index is 845. The number of nitrogens with zero attached hydrogens (tertiary/aromatic N) is 2. The molecule has 3 heteroatoms. The van der Waals surface area contributed by atoms with Crippen LogP contribution in [-0.4, -0.2) is 12.1 Å². The third kappa shape index (κ3) is 2.21. The highest BCUT2D eigenvalue weighted by Crippen LogP contribution is 2.29. The van der Waals surface area contributed by atoms with Gasteiger partial charge in [-0.1, -0.05) is 18.2 Å². The van der Waals surface area contributed by atoms with E-state index in [0.29, 0.717) is 5.56 Å². The van der Waals surface area contributed by atoms with E-state index in [1.54, 1.807) is 7.11 Å². The molecule has 0 N–H and O–H groups in total. The molecule has 0 bridgehead atoms. The Hall–Kier alpha value is -2.86. The summed E-state index contributed by atoms with van der Waals surface area (Å²) in [5.41, 5.74) is 4.13. The molecule has 0 unspecified atom stereocenters. The Labute approximate surface area is 123 Å². The van der Waals surface area contributed by atoms with Gasteiger partial charge < -0.3 is 4.74 Å². The lowest BCUT2D eigenvalue weighted by molar-refractivity contribution is 0.415. The van der Waals surface area contributed by atoms with Gasteiger partial charge in [0.2, 0.25) is 0 Å². The van der Waals surface area contributed by atoms with Crippen LogP contribution in [0.25, 0.3) is 22.2 Å². The van der Waals surface area contributed by atoms with Gasteiger partial charge in [0.05, 0.1) is 23.9 Å². The number of para-hydroxylation sites is 1. The Morgan fingerprint density at radius 2 is 1.76 bits per heavy atom. The summed E-state index contributed by atoms with van der Waals surface area (Å²) in [6.07, 6.45) is 0. The van der Waals surface area contributed by atoms with Gasteiger partial charge in [0.25, 0.3) is 0 Å². The number of nitriles is 1. The maximum atomic E-state index is 9.51. The third-order valence-corrected chi connectivity index (χ3v) is 3.63. The molecule has 0 saturated carbocycles. The summed E-state index contributed by atoms with van der Waals surface area (Å²) in [7, 11) is 1.63. The highest BCUT2D eigenvalue weighted by molar-refractivity contribution is 5.88. The van der Waals surface area contributed by atoms with Gasteiger partial charge in [0.1, 0.15) is 11.8 Å². The molecule has 3 nitrogen and oxygen atoms in total. The SMILES string of the molecule is COc1ccc(-c2nc3ccccc3c(C)c2C#N)cc1. The molecule has 0 aliphatic carbocycles. The van der Waals surface area contributed by atoms with Gasteiger partial charge in [-0.2, -0.15) is 5.26 Å². The topological polar surface area (TPSA) is 45.9 Å². The van der Waals surface area contributed by atoms with Crippen molar-refractivity contribution in [1.29, 1.82) is 5.26 Å². The van der Waals surface area contributed by atoms with E-state index in [1.807, 2.05) is 55.5 Å². The van der Waals surface area contributed by atoms with Gasteiger partial charge in [-0.25, -0.2) is 4.98 Å². The molecule has 1 aromatic heterocycles. The fourth-order valence-corrected chi connectivity index (χ4v) is 2.47. The molecule has 0 fully saturated rings. The average molecular weight is 274 g/mol. The molecule has 0 spiro atoms. The van der Waals surface area contributed by atoms with Crippen molar-refractivity contribution in [3.05, 3.63) is 59.7 Å². The average Bonchev–Trinajstić information content (AvgIpc) is 2.55. The molecule has 21 heavy (non-hydrogen) atoms. The summed E-state index contributed by atoms with van der Waals surface area (Å²) in [6.45, 7) is 1.97. The van der Waals surface area contributed by atoms with Crippen molar-refractivity contribution in [1.82, 2.24) is 4.98 Å². The van der Waals surface area contributed by atoms with Gasteiger partial charge in [0, 0.05) is 10.9 Å². The molecule has 2 aromatic carbocycles. The number of ether oxygens (including phenoxy) is 1. The minimum Gasteiger partial charge on any atom is -0.497 e. The number of fused-ring (bicyclic) bond motifs is 1. The Morgan fingerprint density at radius 3 is 2.43 bits per heavy atom. The number of aryl methyl sites for hydroxylation is 1. The van der Waals surface area contributed by atoms with Crippen molar-refractivity contribution >= 4 is 10.9 Å². The lowest BCUT2D eigenvalue weighted by atomic mass is 9.98. The second kappa shape index (κ2) is 5.26. The van der Waals surface area contributed by atoms with E-state index in [1.165, 1.54) is 0 Å². The molecule has 0 radical (unpaired) electrons. The fourth-order valence-electron chi connectivity index (χ4n) is 2.47. The van der Waals surface area contributed by atoms with E-state index >= 15 is 0 Å². The largest absolute Gasteiger partial charge is 0.497 e.